The zero-order valence-electron chi connectivity index (χ0n) is 14.7. The summed E-state index contributed by atoms with van der Waals surface area (Å²) in [7, 11) is 0. The predicted octanol–water partition coefficient (Wildman–Crippen LogP) is 1.91. The maximum atomic E-state index is 13.0. The van der Waals surface area contributed by atoms with Crippen molar-refractivity contribution in [3.05, 3.63) is 35.4 Å². The number of piperidine rings is 1. The zero-order chi connectivity index (χ0) is 18.7. The quantitative estimate of drug-likeness (QED) is 0.553. The van der Waals surface area contributed by atoms with Gasteiger partial charge in [0.2, 0.25) is 0 Å². The number of benzene rings is 1. The van der Waals surface area contributed by atoms with Crippen molar-refractivity contribution in [2.75, 3.05) is 32.7 Å². The lowest BCUT2D eigenvalue weighted by Gasteiger charge is -2.41. The van der Waals surface area contributed by atoms with Crippen LogP contribution >= 0.6 is 0 Å². The molecule has 1 unspecified atom stereocenters. The maximum Gasteiger partial charge on any atom is 0.407 e. The third-order valence-electron chi connectivity index (χ3n) is 5.18. The second kappa shape index (κ2) is 7.63. The van der Waals surface area contributed by atoms with Gasteiger partial charge in [-0.2, -0.15) is 0 Å². The highest BCUT2D eigenvalue weighted by Gasteiger charge is 2.33. The maximum absolute atomic E-state index is 13.0. The number of piperazine rings is 1. The predicted molar refractivity (Wildman–Crippen MR) is 97.3 cm³/mol. The molecule has 0 bridgehead atoms. The molecule has 8 nitrogen and oxygen atoms in total. The van der Waals surface area contributed by atoms with Crippen LogP contribution in [0.1, 0.15) is 36.4 Å². The van der Waals surface area contributed by atoms with E-state index in [9.17, 15) is 9.59 Å². The van der Waals surface area contributed by atoms with Crippen molar-refractivity contribution in [3.63, 3.8) is 0 Å². The zero-order valence-corrected chi connectivity index (χ0v) is 14.7. The van der Waals surface area contributed by atoms with Crippen LogP contribution in [-0.2, 0) is 0 Å². The molecule has 3 rings (SSSR count). The molecule has 4 N–H and O–H groups in total. The van der Waals surface area contributed by atoms with Crippen molar-refractivity contribution in [2.45, 2.75) is 25.3 Å². The first-order valence-corrected chi connectivity index (χ1v) is 8.95. The lowest BCUT2D eigenvalue weighted by molar-refractivity contribution is 0.0835. The molecule has 1 aromatic carbocycles. The number of nitrogen functional groups attached to an aromatic ring is 1. The molecule has 3 amide bonds. The molecule has 1 atom stereocenters. The minimum atomic E-state index is -0.932. The molecular formula is C18H25N5O3. The molecule has 0 aromatic heterocycles. The first-order valence-electron chi connectivity index (χ1n) is 8.95. The van der Waals surface area contributed by atoms with Gasteiger partial charge < -0.3 is 25.5 Å². The molecule has 2 saturated heterocycles. The van der Waals surface area contributed by atoms with Crippen LogP contribution in [0.5, 0.6) is 0 Å². The summed E-state index contributed by atoms with van der Waals surface area (Å²) in [5.41, 5.74) is 7.24. The van der Waals surface area contributed by atoms with Crippen LogP contribution in [0.15, 0.2) is 24.3 Å². The van der Waals surface area contributed by atoms with Gasteiger partial charge in [-0.15, -0.1) is 0 Å². The number of carboxylic acid groups (broad SMARTS) is 1. The normalized spacial score (nSPS) is 20.8. The van der Waals surface area contributed by atoms with E-state index in [1.54, 1.807) is 4.90 Å². The standard InChI is InChI=1S/C18H25N5O3/c19-16(20)14-6-4-13(5-7-14)15-3-1-2-8-23(15)17(24)21-9-11-22(12-10-21)18(25)26/h4-7,15H,1-3,8-12H2,(H3,19,20)(H,25,26). The van der Waals surface area contributed by atoms with Gasteiger partial charge >= 0.3 is 12.1 Å². The first-order chi connectivity index (χ1) is 12.5. The number of carbonyl (C=O) groups excluding carboxylic acids is 1. The van der Waals surface area contributed by atoms with Gasteiger partial charge in [-0.1, -0.05) is 24.3 Å². The number of rotatable bonds is 2. The summed E-state index contributed by atoms with van der Waals surface area (Å²) in [5.74, 6) is 0.0319. The van der Waals surface area contributed by atoms with Gasteiger partial charge in [0.15, 0.2) is 0 Å². The van der Waals surface area contributed by atoms with E-state index in [0.717, 1.165) is 24.8 Å². The highest BCUT2D eigenvalue weighted by atomic mass is 16.4. The van der Waals surface area contributed by atoms with E-state index in [2.05, 4.69) is 0 Å². The number of carbonyl (C=O) groups is 2. The van der Waals surface area contributed by atoms with Crippen molar-refractivity contribution < 1.29 is 14.7 Å². The monoisotopic (exact) mass is 359 g/mol. The Balaban J connectivity index is 1.71. The number of hydrogen-bond acceptors (Lipinski definition) is 3. The lowest BCUT2D eigenvalue weighted by atomic mass is 9.94. The fraction of sp³-hybridized carbons (Fsp3) is 0.500. The van der Waals surface area contributed by atoms with Crippen molar-refractivity contribution in [2.24, 2.45) is 5.73 Å². The molecule has 8 heteroatoms. The van der Waals surface area contributed by atoms with Gasteiger partial charge in [0.25, 0.3) is 0 Å². The molecule has 2 aliphatic heterocycles. The minimum absolute atomic E-state index is 0.00904. The van der Waals surface area contributed by atoms with E-state index in [4.69, 9.17) is 16.2 Å². The Bertz CT molecular complexity index is 683. The fourth-order valence-electron chi connectivity index (χ4n) is 3.66. The van der Waals surface area contributed by atoms with Crippen LogP contribution < -0.4 is 5.73 Å². The average molecular weight is 359 g/mol. The number of urea groups is 1. The van der Waals surface area contributed by atoms with Crippen molar-refractivity contribution in [3.8, 4) is 0 Å². The average Bonchev–Trinajstić information content (AvgIpc) is 2.67. The summed E-state index contributed by atoms with van der Waals surface area (Å²) in [6.07, 6.45) is 2.01. The van der Waals surface area contributed by atoms with Crippen molar-refractivity contribution >= 4 is 18.0 Å². The number of nitrogens with zero attached hydrogens (tertiary/aromatic N) is 3. The largest absolute Gasteiger partial charge is 0.465 e. The summed E-state index contributed by atoms with van der Waals surface area (Å²) in [4.78, 5) is 29.1. The highest BCUT2D eigenvalue weighted by Crippen LogP contribution is 2.32. The Morgan fingerprint density at radius 3 is 2.19 bits per heavy atom. The molecule has 0 radical (unpaired) electrons. The third-order valence-corrected chi connectivity index (χ3v) is 5.18. The minimum Gasteiger partial charge on any atom is -0.465 e. The SMILES string of the molecule is N=C(N)c1ccc(C2CCCCN2C(=O)N2CCN(C(=O)O)CC2)cc1. The molecule has 140 valence electrons. The first kappa shape index (κ1) is 18.0. The van der Waals surface area contributed by atoms with Crippen LogP contribution in [0, 0.1) is 5.41 Å². The summed E-state index contributed by atoms with van der Waals surface area (Å²) in [6, 6.07) is 7.51. The Morgan fingerprint density at radius 2 is 1.62 bits per heavy atom. The molecule has 0 spiro atoms. The molecule has 0 aliphatic carbocycles. The smallest absolute Gasteiger partial charge is 0.407 e. The highest BCUT2D eigenvalue weighted by molar-refractivity contribution is 5.94. The number of nitrogens with two attached hydrogens (primary N) is 1. The molecule has 26 heavy (non-hydrogen) atoms. The number of amidine groups is 1. The molecule has 1 aromatic rings. The molecule has 0 saturated carbocycles. The number of likely N-dealkylation sites (tertiary alicyclic amines) is 1. The van der Waals surface area contributed by atoms with Gasteiger partial charge in [0, 0.05) is 38.3 Å². The lowest BCUT2D eigenvalue weighted by Crippen LogP contribution is -2.55. The Hall–Kier alpha value is -2.77. The van der Waals surface area contributed by atoms with E-state index in [-0.39, 0.29) is 17.9 Å². The van der Waals surface area contributed by atoms with E-state index in [1.165, 1.54) is 4.90 Å². The van der Waals surface area contributed by atoms with Crippen LogP contribution in [-0.4, -0.2) is 70.5 Å². The van der Waals surface area contributed by atoms with Crippen molar-refractivity contribution in [1.82, 2.24) is 14.7 Å². The topological polar surface area (TPSA) is 114 Å². The summed E-state index contributed by atoms with van der Waals surface area (Å²) in [6.45, 7) is 2.27. The second-order valence-corrected chi connectivity index (χ2v) is 6.78. The molecule has 2 aliphatic rings. The third kappa shape index (κ3) is 3.74. The van der Waals surface area contributed by atoms with Gasteiger partial charge in [-0.05, 0) is 24.8 Å². The summed E-state index contributed by atoms with van der Waals surface area (Å²) >= 11 is 0. The summed E-state index contributed by atoms with van der Waals surface area (Å²) in [5, 5.41) is 16.6. The van der Waals surface area contributed by atoms with Crippen LogP contribution in [0.25, 0.3) is 0 Å². The van der Waals surface area contributed by atoms with Crippen LogP contribution in [0.4, 0.5) is 9.59 Å². The van der Waals surface area contributed by atoms with Gasteiger partial charge in [-0.25, -0.2) is 9.59 Å². The van der Waals surface area contributed by atoms with E-state index >= 15 is 0 Å². The van der Waals surface area contributed by atoms with Gasteiger partial charge in [-0.3, -0.25) is 5.41 Å². The van der Waals surface area contributed by atoms with Gasteiger partial charge in [0.1, 0.15) is 5.84 Å². The van der Waals surface area contributed by atoms with Crippen molar-refractivity contribution in [1.29, 1.82) is 5.41 Å². The van der Waals surface area contributed by atoms with Gasteiger partial charge in [0.05, 0.1) is 6.04 Å². The van der Waals surface area contributed by atoms with Crippen LogP contribution in [0.2, 0.25) is 0 Å². The molecular weight excluding hydrogens is 334 g/mol. The Kier molecular flexibility index (Phi) is 5.29. The van der Waals surface area contributed by atoms with Crippen LogP contribution in [0.3, 0.4) is 0 Å². The fourth-order valence-corrected chi connectivity index (χ4v) is 3.66. The second-order valence-electron chi connectivity index (χ2n) is 6.78. The molecule has 2 fully saturated rings. The number of hydrogen-bond donors (Lipinski definition) is 3. The number of amides is 3. The van der Waals surface area contributed by atoms with E-state index in [0.29, 0.717) is 38.3 Å². The molecule has 2 heterocycles. The summed E-state index contributed by atoms with van der Waals surface area (Å²) < 4.78 is 0. The van der Waals surface area contributed by atoms with E-state index in [1.807, 2.05) is 29.2 Å². The Morgan fingerprint density at radius 1 is 1.00 bits per heavy atom. The number of nitrogens with one attached hydrogen (secondary N) is 1. The van der Waals surface area contributed by atoms with E-state index < -0.39 is 6.09 Å². The Labute approximate surface area is 152 Å².